The van der Waals surface area contributed by atoms with Gasteiger partial charge in [-0.2, -0.15) is 26.3 Å². The highest BCUT2D eigenvalue weighted by atomic mass is 19.4. The first-order chi connectivity index (χ1) is 15.4. The van der Waals surface area contributed by atoms with Crippen LogP contribution in [0, 0.1) is 0 Å². The first-order valence-corrected chi connectivity index (χ1v) is 9.15. The molecule has 14 heteroatoms. The number of nitrogens with two attached hydrogens (primary N) is 1. The van der Waals surface area contributed by atoms with Crippen molar-refractivity contribution in [2.24, 2.45) is 5.73 Å². The van der Waals surface area contributed by atoms with Crippen LogP contribution in [0.1, 0.15) is 21.6 Å². The predicted molar refractivity (Wildman–Crippen MR) is 97.4 cm³/mol. The fraction of sp³-hybridized carbons (Fsp3) is 0.316. The van der Waals surface area contributed by atoms with Gasteiger partial charge in [0.15, 0.2) is 11.5 Å². The van der Waals surface area contributed by atoms with Crippen molar-refractivity contribution in [2.45, 2.75) is 24.9 Å². The molecule has 3 N–H and O–H groups in total. The van der Waals surface area contributed by atoms with E-state index in [9.17, 15) is 35.9 Å². The largest absolute Gasteiger partial charge is 0.491 e. The Kier molecular flexibility index (Phi) is 6.78. The summed E-state index contributed by atoms with van der Waals surface area (Å²) in [6, 6.07) is 4.47. The van der Waals surface area contributed by atoms with Crippen LogP contribution in [0.3, 0.4) is 0 Å². The summed E-state index contributed by atoms with van der Waals surface area (Å²) in [6.07, 6.45) is -10.3. The molecule has 1 aliphatic heterocycles. The molecule has 0 aliphatic carbocycles. The highest BCUT2D eigenvalue weighted by molar-refractivity contribution is 5.99. The first kappa shape index (κ1) is 24.3. The van der Waals surface area contributed by atoms with Crippen molar-refractivity contribution in [3.8, 4) is 17.4 Å². The molecule has 1 amide bonds. The van der Waals surface area contributed by atoms with Crippen LogP contribution in [0.2, 0.25) is 0 Å². The lowest BCUT2D eigenvalue weighted by Crippen LogP contribution is -2.48. The van der Waals surface area contributed by atoms with E-state index in [1.54, 1.807) is 0 Å². The van der Waals surface area contributed by atoms with Crippen LogP contribution in [0.5, 0.6) is 17.4 Å². The van der Waals surface area contributed by atoms with E-state index < -0.39 is 58.9 Å². The topological polar surface area (TPSA) is 113 Å². The lowest BCUT2D eigenvalue weighted by molar-refractivity contribution is -0.189. The molecule has 1 fully saturated rings. The van der Waals surface area contributed by atoms with E-state index in [0.29, 0.717) is 6.07 Å². The summed E-state index contributed by atoms with van der Waals surface area (Å²) in [5.41, 5.74) is 3.45. The molecule has 0 radical (unpaired) electrons. The monoisotopic (exact) mass is 479 g/mol. The SMILES string of the molecule is NCc1cc(Oc2cccc(C(=O)NC3COC3)c2OC(=O)C(F)(F)F)nc(C(F)(F)F)c1. The fourth-order valence-corrected chi connectivity index (χ4v) is 2.60. The Morgan fingerprint density at radius 1 is 1.15 bits per heavy atom. The Bertz CT molecular complexity index is 1050. The number of esters is 1. The van der Waals surface area contributed by atoms with Crippen molar-refractivity contribution in [1.29, 1.82) is 0 Å². The molecule has 2 heterocycles. The number of para-hydroxylation sites is 1. The standard InChI is InChI=1S/C19H15F6N3O5/c20-18(21,22)13-4-9(6-26)5-14(28-13)32-12-3-1-2-11(16(29)27-10-7-31-8-10)15(12)33-17(30)19(23,24)25/h1-5,10H,6-8,26H2,(H,27,29). The number of nitrogens with one attached hydrogen (secondary N) is 1. The molecule has 0 unspecified atom stereocenters. The highest BCUT2D eigenvalue weighted by Gasteiger charge is 2.42. The minimum absolute atomic E-state index is 0.0416. The van der Waals surface area contributed by atoms with Crippen molar-refractivity contribution in [2.75, 3.05) is 13.2 Å². The third-order valence-electron chi connectivity index (χ3n) is 4.23. The second-order valence-corrected chi connectivity index (χ2v) is 6.73. The molecule has 0 saturated carbocycles. The number of carbonyl (C=O) groups is 2. The summed E-state index contributed by atoms with van der Waals surface area (Å²) >= 11 is 0. The zero-order valence-corrected chi connectivity index (χ0v) is 16.4. The van der Waals surface area contributed by atoms with Crippen molar-refractivity contribution >= 4 is 11.9 Å². The fourth-order valence-electron chi connectivity index (χ4n) is 2.60. The van der Waals surface area contributed by atoms with E-state index in [4.69, 9.17) is 15.2 Å². The molecular weight excluding hydrogens is 464 g/mol. The molecule has 0 atom stereocenters. The summed E-state index contributed by atoms with van der Waals surface area (Å²) in [4.78, 5) is 27.2. The maximum atomic E-state index is 13.1. The molecule has 2 aromatic rings. The quantitative estimate of drug-likeness (QED) is 0.372. The number of amides is 1. The number of hydrogen-bond donors (Lipinski definition) is 2. The van der Waals surface area contributed by atoms with Crippen molar-refractivity contribution < 1.29 is 50.1 Å². The zero-order valence-electron chi connectivity index (χ0n) is 16.4. The second kappa shape index (κ2) is 9.23. The van der Waals surface area contributed by atoms with E-state index >= 15 is 0 Å². The second-order valence-electron chi connectivity index (χ2n) is 6.73. The first-order valence-electron chi connectivity index (χ1n) is 9.15. The van der Waals surface area contributed by atoms with Gasteiger partial charge in [-0.1, -0.05) is 6.07 Å². The van der Waals surface area contributed by atoms with Gasteiger partial charge < -0.3 is 25.3 Å². The normalized spacial score (nSPS) is 14.4. The van der Waals surface area contributed by atoms with Crippen molar-refractivity contribution in [1.82, 2.24) is 10.3 Å². The maximum absolute atomic E-state index is 13.1. The highest BCUT2D eigenvalue weighted by Crippen LogP contribution is 2.37. The summed E-state index contributed by atoms with van der Waals surface area (Å²) in [7, 11) is 0. The van der Waals surface area contributed by atoms with Gasteiger partial charge in [0.05, 0.1) is 24.8 Å². The van der Waals surface area contributed by atoms with E-state index in [1.165, 1.54) is 6.07 Å². The summed E-state index contributed by atoms with van der Waals surface area (Å²) < 4.78 is 92.2. The average Bonchev–Trinajstić information content (AvgIpc) is 2.70. The van der Waals surface area contributed by atoms with Crippen LogP contribution in [0.25, 0.3) is 0 Å². The predicted octanol–water partition coefficient (Wildman–Crippen LogP) is 2.95. The molecule has 1 aromatic carbocycles. The molecular formula is C19H15F6N3O5. The molecule has 33 heavy (non-hydrogen) atoms. The number of pyridine rings is 1. The number of nitrogens with zero attached hydrogens (tertiary/aromatic N) is 1. The van der Waals surface area contributed by atoms with Crippen LogP contribution in [-0.2, 0) is 22.3 Å². The van der Waals surface area contributed by atoms with Gasteiger partial charge in [-0.3, -0.25) is 4.79 Å². The number of hydrogen-bond acceptors (Lipinski definition) is 7. The van der Waals surface area contributed by atoms with E-state index in [2.05, 4.69) is 15.0 Å². The van der Waals surface area contributed by atoms with Crippen molar-refractivity contribution in [3.05, 3.63) is 47.2 Å². The van der Waals surface area contributed by atoms with Crippen LogP contribution < -0.4 is 20.5 Å². The van der Waals surface area contributed by atoms with Gasteiger partial charge >= 0.3 is 18.3 Å². The molecule has 8 nitrogen and oxygen atoms in total. The smallest absolute Gasteiger partial charge is 0.435 e. The number of rotatable bonds is 6. The minimum Gasteiger partial charge on any atom is -0.435 e. The minimum atomic E-state index is -5.43. The summed E-state index contributed by atoms with van der Waals surface area (Å²) in [5.74, 6) is -5.89. The average molecular weight is 479 g/mol. The summed E-state index contributed by atoms with van der Waals surface area (Å²) in [6.45, 7) is -0.00493. The van der Waals surface area contributed by atoms with Crippen LogP contribution in [0.4, 0.5) is 26.3 Å². The van der Waals surface area contributed by atoms with Gasteiger partial charge in [0.25, 0.3) is 5.91 Å². The maximum Gasteiger partial charge on any atom is 0.491 e. The number of aromatic nitrogens is 1. The molecule has 0 bridgehead atoms. The molecule has 1 aromatic heterocycles. The number of alkyl halides is 6. The number of benzene rings is 1. The molecule has 1 saturated heterocycles. The third kappa shape index (κ3) is 5.90. The number of halogens is 6. The lowest BCUT2D eigenvalue weighted by Gasteiger charge is -2.27. The van der Waals surface area contributed by atoms with Crippen molar-refractivity contribution in [3.63, 3.8) is 0 Å². The van der Waals surface area contributed by atoms with Gasteiger partial charge in [0.1, 0.15) is 5.69 Å². The van der Waals surface area contributed by atoms with E-state index in [-0.39, 0.29) is 25.3 Å². The van der Waals surface area contributed by atoms with Gasteiger partial charge in [0, 0.05) is 12.6 Å². The van der Waals surface area contributed by atoms with Crippen LogP contribution in [-0.4, -0.2) is 42.3 Å². The van der Waals surface area contributed by atoms with E-state index in [1.807, 2.05) is 0 Å². The Hall–Kier alpha value is -3.39. The van der Waals surface area contributed by atoms with Crippen LogP contribution in [0.15, 0.2) is 30.3 Å². The number of ether oxygens (including phenoxy) is 3. The molecule has 3 rings (SSSR count). The van der Waals surface area contributed by atoms with Gasteiger partial charge in [-0.15, -0.1) is 0 Å². The third-order valence-corrected chi connectivity index (χ3v) is 4.23. The molecule has 0 spiro atoms. The Morgan fingerprint density at radius 3 is 2.39 bits per heavy atom. The molecule has 178 valence electrons. The van der Waals surface area contributed by atoms with Gasteiger partial charge in [-0.05, 0) is 23.8 Å². The molecule has 1 aliphatic rings. The Labute approximate surface area is 181 Å². The van der Waals surface area contributed by atoms with Crippen LogP contribution >= 0.6 is 0 Å². The van der Waals surface area contributed by atoms with Gasteiger partial charge in [0.2, 0.25) is 5.88 Å². The zero-order chi connectivity index (χ0) is 24.4. The van der Waals surface area contributed by atoms with E-state index in [0.717, 1.165) is 18.2 Å². The van der Waals surface area contributed by atoms with Gasteiger partial charge in [-0.25, -0.2) is 9.78 Å². The number of carbonyl (C=O) groups excluding carboxylic acids is 2. The Balaban J connectivity index is 2.02. The lowest BCUT2D eigenvalue weighted by atomic mass is 10.1. The summed E-state index contributed by atoms with van der Waals surface area (Å²) in [5, 5.41) is 2.45. The Morgan fingerprint density at radius 2 is 1.85 bits per heavy atom.